The maximum atomic E-state index is 11.7. The van der Waals surface area contributed by atoms with Gasteiger partial charge in [-0.2, -0.15) is 0 Å². The van der Waals surface area contributed by atoms with E-state index >= 15 is 0 Å². The second-order valence-corrected chi connectivity index (χ2v) is 4.68. The summed E-state index contributed by atoms with van der Waals surface area (Å²) in [5.41, 5.74) is 1.40. The van der Waals surface area contributed by atoms with Crippen molar-refractivity contribution in [3.8, 4) is 0 Å². The number of hydrogen-bond acceptors (Lipinski definition) is 3. The average Bonchev–Trinajstić information content (AvgIpc) is 2.43. The zero-order chi connectivity index (χ0) is 15.0. The highest BCUT2D eigenvalue weighted by Crippen LogP contribution is 2.18. The predicted octanol–water partition coefficient (Wildman–Crippen LogP) is 2.63. The first-order valence-electron chi connectivity index (χ1n) is 6.66. The number of unbranched alkanes of at least 4 members (excludes halogenated alkanes) is 1. The molecule has 0 saturated carbocycles. The molecule has 1 atom stereocenters. The van der Waals surface area contributed by atoms with Crippen LogP contribution in [0.5, 0.6) is 0 Å². The van der Waals surface area contributed by atoms with Crippen LogP contribution in [0.25, 0.3) is 0 Å². The quantitative estimate of drug-likeness (QED) is 0.717. The molecule has 0 spiro atoms. The SMILES string of the molecule is COCCCCC(=O)Nc1ccc(C(C)C(=O)O)cc1. The monoisotopic (exact) mass is 279 g/mol. The zero-order valence-corrected chi connectivity index (χ0v) is 11.9. The molecule has 20 heavy (non-hydrogen) atoms. The van der Waals surface area contributed by atoms with Crippen LogP contribution in [-0.2, 0) is 14.3 Å². The highest BCUT2D eigenvalue weighted by Gasteiger charge is 2.13. The fourth-order valence-corrected chi connectivity index (χ4v) is 1.75. The second kappa shape index (κ2) is 8.32. The highest BCUT2D eigenvalue weighted by atomic mass is 16.5. The molecule has 0 aliphatic rings. The van der Waals surface area contributed by atoms with Crippen LogP contribution in [0, 0.1) is 0 Å². The Kier molecular flexibility index (Phi) is 6.73. The molecule has 110 valence electrons. The number of carboxylic acid groups (broad SMARTS) is 1. The molecule has 1 aromatic rings. The van der Waals surface area contributed by atoms with Crippen molar-refractivity contribution in [3.05, 3.63) is 29.8 Å². The summed E-state index contributed by atoms with van der Waals surface area (Å²) in [6.45, 7) is 2.29. The van der Waals surface area contributed by atoms with E-state index in [-0.39, 0.29) is 5.91 Å². The van der Waals surface area contributed by atoms with Crippen molar-refractivity contribution >= 4 is 17.6 Å². The van der Waals surface area contributed by atoms with Gasteiger partial charge in [-0.1, -0.05) is 12.1 Å². The number of amides is 1. The van der Waals surface area contributed by atoms with Crippen LogP contribution in [0.2, 0.25) is 0 Å². The Balaban J connectivity index is 2.45. The van der Waals surface area contributed by atoms with Crippen molar-refractivity contribution in [3.63, 3.8) is 0 Å². The fourth-order valence-electron chi connectivity index (χ4n) is 1.75. The van der Waals surface area contributed by atoms with Gasteiger partial charge in [0.25, 0.3) is 0 Å². The minimum Gasteiger partial charge on any atom is -0.481 e. The van der Waals surface area contributed by atoms with Gasteiger partial charge in [-0.3, -0.25) is 9.59 Å². The number of ether oxygens (including phenoxy) is 1. The number of nitrogens with one attached hydrogen (secondary N) is 1. The van der Waals surface area contributed by atoms with Crippen LogP contribution in [-0.4, -0.2) is 30.7 Å². The molecule has 5 heteroatoms. The standard InChI is InChI=1S/C15H21NO4/c1-11(15(18)19)12-6-8-13(9-7-12)16-14(17)5-3-4-10-20-2/h6-9,11H,3-5,10H2,1-2H3,(H,16,17)(H,18,19). The first kappa shape index (κ1) is 16.2. The Morgan fingerprint density at radius 3 is 2.45 bits per heavy atom. The lowest BCUT2D eigenvalue weighted by Crippen LogP contribution is -2.12. The lowest BCUT2D eigenvalue weighted by Gasteiger charge is -2.09. The molecule has 1 unspecified atom stereocenters. The molecule has 0 heterocycles. The van der Waals surface area contributed by atoms with Gasteiger partial charge in [0.15, 0.2) is 0 Å². The molecule has 0 radical (unpaired) electrons. The number of anilines is 1. The van der Waals surface area contributed by atoms with E-state index in [1.54, 1.807) is 38.3 Å². The third-order valence-electron chi connectivity index (χ3n) is 3.07. The van der Waals surface area contributed by atoms with Crippen LogP contribution in [0.3, 0.4) is 0 Å². The maximum Gasteiger partial charge on any atom is 0.310 e. The third kappa shape index (κ3) is 5.40. The van der Waals surface area contributed by atoms with Gasteiger partial charge in [0.1, 0.15) is 0 Å². The van der Waals surface area contributed by atoms with Gasteiger partial charge in [-0.05, 0) is 37.5 Å². The molecule has 1 aromatic carbocycles. The largest absolute Gasteiger partial charge is 0.481 e. The molecule has 2 N–H and O–H groups in total. The van der Waals surface area contributed by atoms with E-state index in [1.807, 2.05) is 0 Å². The number of hydrogen-bond donors (Lipinski definition) is 2. The summed E-state index contributed by atoms with van der Waals surface area (Å²) in [4.78, 5) is 22.5. The number of aliphatic carboxylic acids is 1. The van der Waals surface area contributed by atoms with Crippen molar-refractivity contribution in [1.29, 1.82) is 0 Å². The van der Waals surface area contributed by atoms with Gasteiger partial charge in [0.2, 0.25) is 5.91 Å². The topological polar surface area (TPSA) is 75.6 Å². The van der Waals surface area contributed by atoms with E-state index in [0.29, 0.717) is 18.7 Å². The lowest BCUT2D eigenvalue weighted by atomic mass is 10.0. The number of rotatable bonds is 8. The average molecular weight is 279 g/mol. The molecule has 5 nitrogen and oxygen atoms in total. The summed E-state index contributed by atoms with van der Waals surface area (Å²) in [7, 11) is 1.64. The molecule has 0 aliphatic carbocycles. The summed E-state index contributed by atoms with van der Waals surface area (Å²) in [5, 5.41) is 11.7. The minimum atomic E-state index is -0.861. The van der Waals surface area contributed by atoms with E-state index in [9.17, 15) is 9.59 Å². The van der Waals surface area contributed by atoms with Gasteiger partial charge < -0.3 is 15.2 Å². The van der Waals surface area contributed by atoms with Crippen LogP contribution < -0.4 is 5.32 Å². The van der Waals surface area contributed by atoms with Gasteiger partial charge >= 0.3 is 5.97 Å². The molecule has 1 amide bonds. The number of carbonyl (C=O) groups excluding carboxylic acids is 1. The van der Waals surface area contributed by atoms with Gasteiger partial charge in [0, 0.05) is 25.8 Å². The van der Waals surface area contributed by atoms with Gasteiger partial charge in [-0.15, -0.1) is 0 Å². The lowest BCUT2D eigenvalue weighted by molar-refractivity contribution is -0.138. The van der Waals surface area contributed by atoms with Gasteiger partial charge in [0.05, 0.1) is 5.92 Å². The van der Waals surface area contributed by atoms with Crippen molar-refractivity contribution < 1.29 is 19.4 Å². The number of carbonyl (C=O) groups is 2. The van der Waals surface area contributed by atoms with E-state index in [1.165, 1.54) is 0 Å². The van der Waals surface area contributed by atoms with E-state index in [2.05, 4.69) is 5.32 Å². The molecule has 1 rings (SSSR count). The van der Waals surface area contributed by atoms with Crippen molar-refractivity contribution in [2.45, 2.75) is 32.1 Å². The Bertz CT molecular complexity index is 442. The summed E-state index contributed by atoms with van der Waals surface area (Å²) in [6, 6.07) is 6.89. The highest BCUT2D eigenvalue weighted by molar-refractivity contribution is 5.90. The Hall–Kier alpha value is -1.88. The summed E-state index contributed by atoms with van der Waals surface area (Å²) in [5.74, 6) is -1.45. The predicted molar refractivity (Wildman–Crippen MR) is 76.8 cm³/mol. The van der Waals surface area contributed by atoms with Crippen molar-refractivity contribution in [1.82, 2.24) is 0 Å². The van der Waals surface area contributed by atoms with Crippen LogP contribution in [0.1, 0.15) is 37.7 Å². The molecular formula is C15H21NO4. The number of carboxylic acids is 1. The van der Waals surface area contributed by atoms with Crippen molar-refractivity contribution in [2.24, 2.45) is 0 Å². The van der Waals surface area contributed by atoms with Crippen LogP contribution in [0.4, 0.5) is 5.69 Å². The number of methoxy groups -OCH3 is 1. The molecule has 0 fully saturated rings. The summed E-state index contributed by atoms with van der Waals surface area (Å²) in [6.07, 6.45) is 2.10. The Labute approximate surface area is 118 Å². The first-order valence-corrected chi connectivity index (χ1v) is 6.66. The fraction of sp³-hybridized carbons (Fsp3) is 0.467. The molecular weight excluding hydrogens is 258 g/mol. The van der Waals surface area contributed by atoms with Crippen molar-refractivity contribution in [2.75, 3.05) is 19.0 Å². The molecule has 0 bridgehead atoms. The minimum absolute atomic E-state index is 0.0415. The molecule has 0 saturated heterocycles. The maximum absolute atomic E-state index is 11.7. The van der Waals surface area contributed by atoms with E-state index in [0.717, 1.165) is 18.4 Å². The van der Waals surface area contributed by atoms with Crippen LogP contribution >= 0.6 is 0 Å². The van der Waals surface area contributed by atoms with E-state index in [4.69, 9.17) is 9.84 Å². The van der Waals surface area contributed by atoms with Crippen LogP contribution in [0.15, 0.2) is 24.3 Å². The smallest absolute Gasteiger partial charge is 0.310 e. The van der Waals surface area contributed by atoms with E-state index < -0.39 is 11.9 Å². The Morgan fingerprint density at radius 1 is 1.25 bits per heavy atom. The summed E-state index contributed by atoms with van der Waals surface area (Å²) >= 11 is 0. The Morgan fingerprint density at radius 2 is 1.90 bits per heavy atom. The number of benzene rings is 1. The molecule has 0 aliphatic heterocycles. The zero-order valence-electron chi connectivity index (χ0n) is 11.9. The summed E-state index contributed by atoms with van der Waals surface area (Å²) < 4.78 is 4.92. The second-order valence-electron chi connectivity index (χ2n) is 4.68. The normalized spacial score (nSPS) is 11.9. The third-order valence-corrected chi connectivity index (χ3v) is 3.07. The first-order chi connectivity index (χ1) is 9.54. The van der Waals surface area contributed by atoms with Gasteiger partial charge in [-0.25, -0.2) is 0 Å². The molecule has 0 aromatic heterocycles.